The van der Waals surface area contributed by atoms with Crippen molar-refractivity contribution in [3.63, 3.8) is 0 Å². The van der Waals surface area contributed by atoms with E-state index >= 15 is 0 Å². The molecule has 1 aliphatic rings. The zero-order chi connectivity index (χ0) is 17.2. The first-order chi connectivity index (χ1) is 10.8. The average molecular weight is 329 g/mol. The first kappa shape index (κ1) is 17.4. The van der Waals surface area contributed by atoms with E-state index in [2.05, 4.69) is 0 Å². The van der Waals surface area contributed by atoms with Gasteiger partial charge < -0.3 is 40.7 Å². The lowest BCUT2D eigenvalue weighted by Crippen LogP contribution is -2.68. The zero-order valence-electron chi connectivity index (χ0n) is 12.1. The van der Waals surface area contributed by atoms with E-state index in [4.69, 9.17) is 20.3 Å². The fourth-order valence-electron chi connectivity index (χ4n) is 2.38. The Morgan fingerprint density at radius 1 is 1.30 bits per heavy atom. The van der Waals surface area contributed by atoms with E-state index in [1.807, 2.05) is 0 Å². The largest absolute Gasteiger partial charge is 0.481 e. The minimum absolute atomic E-state index is 0.202. The van der Waals surface area contributed by atoms with Crippen LogP contribution in [0, 0.1) is 0 Å². The summed E-state index contributed by atoms with van der Waals surface area (Å²) in [6.07, 6.45) is -7.34. The lowest BCUT2D eigenvalue weighted by atomic mass is 9.84. The van der Waals surface area contributed by atoms with Gasteiger partial charge in [-0.15, -0.1) is 0 Å². The van der Waals surface area contributed by atoms with Gasteiger partial charge in [-0.1, -0.05) is 0 Å². The Bertz CT molecular complexity index is 550. The van der Waals surface area contributed by atoms with Gasteiger partial charge in [-0.05, 0) is 24.3 Å². The zero-order valence-corrected chi connectivity index (χ0v) is 12.1. The molecule has 1 heterocycles. The van der Waals surface area contributed by atoms with Crippen LogP contribution in [-0.4, -0.2) is 68.3 Å². The number of carboxylic acid groups (broad SMARTS) is 1. The molecule has 0 aliphatic carbocycles. The molecule has 23 heavy (non-hydrogen) atoms. The van der Waals surface area contributed by atoms with Crippen molar-refractivity contribution in [2.24, 2.45) is 0 Å². The van der Waals surface area contributed by atoms with Crippen molar-refractivity contribution in [3.8, 4) is 5.75 Å². The van der Waals surface area contributed by atoms with Gasteiger partial charge in [0.05, 0.1) is 13.0 Å². The molecule has 2 rings (SSSR count). The number of rotatable bonds is 5. The molecule has 0 bridgehead atoms. The summed E-state index contributed by atoms with van der Waals surface area (Å²) in [5, 5.41) is 48.6. The van der Waals surface area contributed by atoms with E-state index in [1.165, 1.54) is 24.3 Å². The highest BCUT2D eigenvalue weighted by Crippen LogP contribution is 2.34. The molecule has 7 N–H and O–H groups in total. The number of aliphatic hydroxyl groups excluding tert-OH is 3. The van der Waals surface area contributed by atoms with Crippen molar-refractivity contribution >= 4 is 11.7 Å². The number of hydrogen-bond acceptors (Lipinski definition) is 8. The third-order valence-corrected chi connectivity index (χ3v) is 3.66. The third-order valence-electron chi connectivity index (χ3n) is 3.66. The lowest BCUT2D eigenvalue weighted by molar-refractivity contribution is -0.321. The number of nitrogen functional groups attached to an aromatic ring is 1. The van der Waals surface area contributed by atoms with Crippen molar-refractivity contribution in [1.29, 1.82) is 0 Å². The number of carbonyl (C=O) groups is 1. The molecule has 128 valence electrons. The molecule has 5 atom stereocenters. The van der Waals surface area contributed by atoms with E-state index in [0.29, 0.717) is 5.69 Å². The maximum atomic E-state index is 11.0. The van der Waals surface area contributed by atoms with Crippen LogP contribution in [0.3, 0.4) is 0 Å². The van der Waals surface area contributed by atoms with Gasteiger partial charge in [0.25, 0.3) is 0 Å². The highest BCUT2D eigenvalue weighted by atomic mass is 16.7. The first-order valence-corrected chi connectivity index (χ1v) is 6.86. The van der Waals surface area contributed by atoms with E-state index in [1.54, 1.807) is 0 Å². The number of ether oxygens (including phenoxy) is 2. The fourth-order valence-corrected chi connectivity index (χ4v) is 2.38. The number of benzene rings is 1. The minimum atomic E-state index is -2.40. The van der Waals surface area contributed by atoms with Crippen LogP contribution in [0.2, 0.25) is 0 Å². The van der Waals surface area contributed by atoms with E-state index in [9.17, 15) is 25.2 Å². The molecule has 0 unspecified atom stereocenters. The molecule has 0 amide bonds. The minimum Gasteiger partial charge on any atom is -0.481 e. The summed E-state index contributed by atoms with van der Waals surface area (Å²) < 4.78 is 10.6. The molecule has 1 fully saturated rings. The SMILES string of the molecule is Nc1ccc(O[C@H]2O[C@H](CO)[C@H](O)[C@H](O)[C@]2(O)CC(=O)O)cc1. The van der Waals surface area contributed by atoms with E-state index in [0.717, 1.165) is 0 Å². The number of anilines is 1. The van der Waals surface area contributed by atoms with Gasteiger partial charge in [0.15, 0.2) is 5.60 Å². The summed E-state index contributed by atoms with van der Waals surface area (Å²) in [5.74, 6) is -1.22. The Labute approximate surface area is 131 Å². The van der Waals surface area contributed by atoms with Gasteiger partial charge in [-0.2, -0.15) is 0 Å². The predicted molar refractivity (Wildman–Crippen MR) is 76.4 cm³/mol. The quantitative estimate of drug-likeness (QED) is 0.345. The predicted octanol–water partition coefficient (Wildman–Crippen LogP) is -1.71. The van der Waals surface area contributed by atoms with Gasteiger partial charge in [0, 0.05) is 5.69 Å². The topological polar surface area (TPSA) is 163 Å². The summed E-state index contributed by atoms with van der Waals surface area (Å²) >= 11 is 0. The Hall–Kier alpha value is -1.91. The Balaban J connectivity index is 2.30. The maximum absolute atomic E-state index is 11.0. The van der Waals surface area contributed by atoms with Crippen molar-refractivity contribution in [2.45, 2.75) is 36.6 Å². The van der Waals surface area contributed by atoms with Crippen molar-refractivity contribution in [3.05, 3.63) is 24.3 Å². The van der Waals surface area contributed by atoms with Gasteiger partial charge in [0.2, 0.25) is 6.29 Å². The second-order valence-corrected chi connectivity index (χ2v) is 5.37. The summed E-state index contributed by atoms with van der Waals surface area (Å²) in [6.45, 7) is -0.650. The smallest absolute Gasteiger partial charge is 0.306 e. The molecule has 1 aliphatic heterocycles. The Morgan fingerprint density at radius 3 is 2.43 bits per heavy atom. The summed E-state index contributed by atoms with van der Waals surface area (Å²) in [6, 6.07) is 5.96. The second-order valence-electron chi connectivity index (χ2n) is 5.37. The Kier molecular flexibility index (Phi) is 5.07. The second kappa shape index (κ2) is 6.69. The molecular formula is C14H19NO8. The van der Waals surface area contributed by atoms with Crippen LogP contribution in [0.4, 0.5) is 5.69 Å². The highest BCUT2D eigenvalue weighted by molar-refractivity contribution is 5.68. The molecule has 1 aromatic rings. The molecule has 0 radical (unpaired) electrons. The van der Waals surface area contributed by atoms with Gasteiger partial charge >= 0.3 is 5.97 Å². The highest BCUT2D eigenvalue weighted by Gasteiger charge is 2.57. The molecule has 9 nitrogen and oxygen atoms in total. The number of hydrogen-bond donors (Lipinski definition) is 6. The molecule has 0 saturated carbocycles. The van der Waals surface area contributed by atoms with Crippen LogP contribution >= 0.6 is 0 Å². The first-order valence-electron chi connectivity index (χ1n) is 6.86. The molecule has 0 aromatic heterocycles. The number of aliphatic hydroxyl groups is 4. The van der Waals surface area contributed by atoms with E-state index < -0.39 is 49.2 Å². The monoisotopic (exact) mass is 329 g/mol. The molecule has 0 spiro atoms. The normalized spacial score (nSPS) is 34.1. The van der Waals surface area contributed by atoms with Crippen LogP contribution in [0.1, 0.15) is 6.42 Å². The summed E-state index contributed by atoms with van der Waals surface area (Å²) in [4.78, 5) is 11.0. The third kappa shape index (κ3) is 3.54. The van der Waals surface area contributed by atoms with Gasteiger partial charge in [-0.3, -0.25) is 4.79 Å². The average Bonchev–Trinajstić information content (AvgIpc) is 2.49. The fraction of sp³-hybridized carbons (Fsp3) is 0.500. The van der Waals surface area contributed by atoms with E-state index in [-0.39, 0.29) is 5.75 Å². The number of aliphatic carboxylic acids is 1. The standard InChI is InChI=1S/C14H19NO8/c15-7-1-3-8(4-2-7)22-13-14(21,5-10(17)18)12(20)11(19)9(6-16)23-13/h1-4,9,11-13,16,19-21H,5-6,15H2,(H,17,18)/t9-,11+,12+,13+,14-/m1/s1. The van der Waals surface area contributed by atoms with Crippen LogP contribution in [0.5, 0.6) is 5.75 Å². The van der Waals surface area contributed by atoms with Crippen molar-refractivity contribution in [2.75, 3.05) is 12.3 Å². The van der Waals surface area contributed by atoms with Crippen molar-refractivity contribution < 1.29 is 39.8 Å². The van der Waals surface area contributed by atoms with Crippen LogP contribution in [0.15, 0.2) is 24.3 Å². The maximum Gasteiger partial charge on any atom is 0.306 e. The summed E-state index contributed by atoms with van der Waals surface area (Å²) in [5.41, 5.74) is 3.60. The summed E-state index contributed by atoms with van der Waals surface area (Å²) in [7, 11) is 0. The Morgan fingerprint density at radius 2 is 1.91 bits per heavy atom. The molecule has 9 heteroatoms. The molecule has 1 saturated heterocycles. The van der Waals surface area contributed by atoms with Crippen LogP contribution in [-0.2, 0) is 9.53 Å². The number of nitrogens with two attached hydrogens (primary N) is 1. The van der Waals surface area contributed by atoms with Crippen LogP contribution in [0.25, 0.3) is 0 Å². The van der Waals surface area contributed by atoms with Crippen molar-refractivity contribution in [1.82, 2.24) is 0 Å². The molecule has 1 aromatic carbocycles. The molecular weight excluding hydrogens is 310 g/mol. The van der Waals surface area contributed by atoms with Gasteiger partial charge in [-0.25, -0.2) is 0 Å². The number of carboxylic acids is 1. The lowest BCUT2D eigenvalue weighted by Gasteiger charge is -2.46. The van der Waals surface area contributed by atoms with Gasteiger partial charge in [0.1, 0.15) is 24.1 Å². The van der Waals surface area contributed by atoms with Crippen LogP contribution < -0.4 is 10.5 Å².